The number of hydrogen-bond donors (Lipinski definition) is 0. The fraction of sp³-hybridized carbons (Fsp3) is 0.0769. The molecule has 0 radical (unpaired) electrons. The van der Waals surface area contributed by atoms with Crippen LogP contribution in [0, 0.1) is 11.3 Å². The van der Waals surface area contributed by atoms with Crippen LogP contribution in [0.2, 0.25) is 5.15 Å². The number of halogens is 1. The molecule has 0 aliphatic rings. The van der Waals surface area contributed by atoms with Crippen molar-refractivity contribution in [3.63, 3.8) is 0 Å². The van der Waals surface area contributed by atoms with Gasteiger partial charge in [-0.05, 0) is 17.7 Å². The molecule has 0 fully saturated rings. The Bertz CT molecular complexity index is 529. The first-order valence-corrected chi connectivity index (χ1v) is 5.27. The number of hydrogen-bond acceptors (Lipinski definition) is 2. The van der Waals surface area contributed by atoms with Crippen LogP contribution in [0.3, 0.4) is 0 Å². The lowest BCUT2D eigenvalue weighted by Gasteiger charge is -2.06. The van der Waals surface area contributed by atoms with E-state index in [4.69, 9.17) is 16.9 Å². The van der Waals surface area contributed by atoms with Crippen LogP contribution >= 0.6 is 11.6 Å². The molecule has 2 aromatic rings. The van der Waals surface area contributed by atoms with Crippen molar-refractivity contribution in [3.8, 4) is 17.2 Å². The predicted octanol–water partition coefficient (Wildman–Crippen LogP) is 3.47. The second-order valence-electron chi connectivity index (χ2n) is 3.33. The highest BCUT2D eigenvalue weighted by Gasteiger charge is 2.06. The van der Waals surface area contributed by atoms with E-state index in [0.717, 1.165) is 16.8 Å². The average molecular weight is 229 g/mol. The van der Waals surface area contributed by atoms with Crippen molar-refractivity contribution in [2.75, 3.05) is 0 Å². The van der Waals surface area contributed by atoms with E-state index < -0.39 is 0 Å². The van der Waals surface area contributed by atoms with Crippen LogP contribution in [-0.4, -0.2) is 4.98 Å². The molecule has 2 nitrogen and oxygen atoms in total. The van der Waals surface area contributed by atoms with Crippen LogP contribution in [-0.2, 0) is 6.42 Å². The number of rotatable bonds is 2. The number of nitriles is 1. The summed E-state index contributed by atoms with van der Waals surface area (Å²) >= 11 is 5.82. The Kier molecular flexibility index (Phi) is 3.19. The minimum absolute atomic E-state index is 0.269. The minimum atomic E-state index is 0.269. The lowest BCUT2D eigenvalue weighted by Crippen LogP contribution is -1.93. The molecule has 0 aliphatic heterocycles. The smallest absolute Gasteiger partial charge is 0.129 e. The Morgan fingerprint density at radius 1 is 1.12 bits per heavy atom. The molecule has 1 aromatic carbocycles. The molecule has 0 atom stereocenters. The van der Waals surface area contributed by atoms with Gasteiger partial charge >= 0.3 is 0 Å². The summed E-state index contributed by atoms with van der Waals surface area (Å²) in [6.45, 7) is 0. The second-order valence-corrected chi connectivity index (χ2v) is 3.72. The zero-order valence-electron chi connectivity index (χ0n) is 8.52. The zero-order chi connectivity index (χ0) is 11.4. The average Bonchev–Trinajstić information content (AvgIpc) is 2.31. The van der Waals surface area contributed by atoms with Crippen LogP contribution < -0.4 is 0 Å². The molecule has 3 heteroatoms. The van der Waals surface area contributed by atoms with Crippen molar-refractivity contribution in [1.29, 1.82) is 5.26 Å². The molecule has 1 heterocycles. The molecule has 16 heavy (non-hydrogen) atoms. The Morgan fingerprint density at radius 2 is 1.88 bits per heavy atom. The predicted molar refractivity (Wildman–Crippen MR) is 64.0 cm³/mol. The van der Waals surface area contributed by atoms with Crippen molar-refractivity contribution < 1.29 is 0 Å². The summed E-state index contributed by atoms with van der Waals surface area (Å²) in [5.74, 6) is 0. The van der Waals surface area contributed by atoms with E-state index in [1.807, 2.05) is 36.4 Å². The monoisotopic (exact) mass is 228 g/mol. The van der Waals surface area contributed by atoms with Gasteiger partial charge in [0.05, 0.1) is 18.2 Å². The third kappa shape index (κ3) is 2.21. The van der Waals surface area contributed by atoms with Gasteiger partial charge in [-0.1, -0.05) is 41.9 Å². The first-order valence-electron chi connectivity index (χ1n) is 4.89. The molecule has 0 saturated carbocycles. The molecule has 1 aromatic heterocycles. The van der Waals surface area contributed by atoms with Crippen LogP contribution in [0.1, 0.15) is 5.69 Å². The van der Waals surface area contributed by atoms with Gasteiger partial charge in [-0.3, -0.25) is 0 Å². The summed E-state index contributed by atoms with van der Waals surface area (Å²) in [5.41, 5.74) is 2.74. The lowest BCUT2D eigenvalue weighted by molar-refractivity contribution is 1.12. The van der Waals surface area contributed by atoms with Gasteiger partial charge in [0, 0.05) is 5.56 Å². The molecule has 0 spiro atoms. The van der Waals surface area contributed by atoms with Crippen molar-refractivity contribution in [1.82, 2.24) is 4.98 Å². The van der Waals surface area contributed by atoms with Crippen molar-refractivity contribution >= 4 is 11.6 Å². The first-order chi connectivity index (χ1) is 7.81. The standard InChI is InChI=1S/C13H9ClN2/c14-13-7-6-11(12(16-13)8-9-15)10-4-2-1-3-5-10/h1-7H,8H2. The van der Waals surface area contributed by atoms with E-state index in [0.29, 0.717) is 5.15 Å². The van der Waals surface area contributed by atoms with Crippen molar-refractivity contribution in [2.24, 2.45) is 0 Å². The van der Waals surface area contributed by atoms with E-state index >= 15 is 0 Å². The number of benzene rings is 1. The summed E-state index contributed by atoms with van der Waals surface area (Å²) in [6, 6.07) is 15.6. The van der Waals surface area contributed by atoms with Crippen LogP contribution in [0.25, 0.3) is 11.1 Å². The summed E-state index contributed by atoms with van der Waals surface area (Å²) in [5, 5.41) is 9.17. The Labute approximate surface area is 99.1 Å². The zero-order valence-corrected chi connectivity index (χ0v) is 9.28. The molecule has 0 amide bonds. The molecule has 0 bridgehead atoms. The second kappa shape index (κ2) is 4.78. The van der Waals surface area contributed by atoms with Crippen LogP contribution in [0.5, 0.6) is 0 Å². The molecule has 0 unspecified atom stereocenters. The Hall–Kier alpha value is -1.85. The Morgan fingerprint density at radius 3 is 2.56 bits per heavy atom. The van der Waals surface area contributed by atoms with Gasteiger partial charge in [-0.2, -0.15) is 5.26 Å². The fourth-order valence-corrected chi connectivity index (χ4v) is 1.73. The van der Waals surface area contributed by atoms with E-state index in [9.17, 15) is 0 Å². The molecule has 0 N–H and O–H groups in total. The van der Waals surface area contributed by atoms with Crippen molar-refractivity contribution in [3.05, 3.63) is 53.3 Å². The van der Waals surface area contributed by atoms with Gasteiger partial charge in [0.1, 0.15) is 5.15 Å². The third-order valence-corrected chi connectivity index (χ3v) is 2.48. The summed E-state index contributed by atoms with van der Waals surface area (Å²) in [7, 11) is 0. The number of aromatic nitrogens is 1. The Balaban J connectivity index is 2.53. The van der Waals surface area contributed by atoms with Gasteiger partial charge in [0.25, 0.3) is 0 Å². The maximum Gasteiger partial charge on any atom is 0.129 e. The third-order valence-electron chi connectivity index (χ3n) is 2.27. The first kappa shape index (κ1) is 10.7. The largest absolute Gasteiger partial charge is 0.239 e. The van der Waals surface area contributed by atoms with E-state index in [2.05, 4.69) is 11.1 Å². The summed E-state index contributed by atoms with van der Waals surface area (Å²) in [4.78, 5) is 4.18. The van der Waals surface area contributed by atoms with Gasteiger partial charge in [0.15, 0.2) is 0 Å². The van der Waals surface area contributed by atoms with E-state index in [1.54, 1.807) is 6.07 Å². The number of pyridine rings is 1. The summed E-state index contributed by atoms with van der Waals surface area (Å²) < 4.78 is 0. The lowest BCUT2D eigenvalue weighted by atomic mass is 10.0. The van der Waals surface area contributed by atoms with Crippen LogP contribution in [0.4, 0.5) is 0 Å². The quantitative estimate of drug-likeness (QED) is 0.738. The van der Waals surface area contributed by atoms with E-state index in [-0.39, 0.29) is 6.42 Å². The highest BCUT2D eigenvalue weighted by molar-refractivity contribution is 6.29. The van der Waals surface area contributed by atoms with E-state index in [1.165, 1.54) is 0 Å². The maximum atomic E-state index is 8.75. The van der Waals surface area contributed by atoms with Crippen molar-refractivity contribution in [2.45, 2.75) is 6.42 Å². The minimum Gasteiger partial charge on any atom is -0.239 e. The van der Waals surface area contributed by atoms with Gasteiger partial charge in [-0.15, -0.1) is 0 Å². The molecule has 0 saturated heterocycles. The van der Waals surface area contributed by atoms with Gasteiger partial charge in [0.2, 0.25) is 0 Å². The maximum absolute atomic E-state index is 8.75. The fourth-order valence-electron chi connectivity index (χ4n) is 1.56. The highest BCUT2D eigenvalue weighted by atomic mass is 35.5. The molecule has 2 rings (SSSR count). The SMILES string of the molecule is N#CCc1nc(Cl)ccc1-c1ccccc1. The number of nitrogens with zero attached hydrogens (tertiary/aromatic N) is 2. The van der Waals surface area contributed by atoms with Crippen LogP contribution in [0.15, 0.2) is 42.5 Å². The molecule has 78 valence electrons. The van der Waals surface area contributed by atoms with Gasteiger partial charge in [-0.25, -0.2) is 4.98 Å². The highest BCUT2D eigenvalue weighted by Crippen LogP contribution is 2.24. The summed E-state index contributed by atoms with van der Waals surface area (Å²) in [6.07, 6.45) is 0.269. The molecule has 0 aliphatic carbocycles. The molecular weight excluding hydrogens is 220 g/mol. The molecular formula is C13H9ClN2. The topological polar surface area (TPSA) is 36.7 Å². The van der Waals surface area contributed by atoms with Gasteiger partial charge < -0.3 is 0 Å². The normalized spacial score (nSPS) is 9.75.